The molecule has 162 valence electrons. The molecule has 0 radical (unpaired) electrons. The predicted octanol–water partition coefficient (Wildman–Crippen LogP) is 4.55. The number of amides is 1. The zero-order valence-corrected chi connectivity index (χ0v) is 17.4. The summed E-state index contributed by atoms with van der Waals surface area (Å²) in [5, 5.41) is 5.89. The topological polar surface area (TPSA) is 86.2 Å². The summed E-state index contributed by atoms with van der Waals surface area (Å²) in [5.74, 6) is 0.549. The molecular formula is C26H18N2O5. The lowest BCUT2D eigenvalue weighted by Crippen LogP contribution is -2.17. The van der Waals surface area contributed by atoms with Crippen LogP contribution in [-0.2, 0) is 0 Å². The van der Waals surface area contributed by atoms with Gasteiger partial charge < -0.3 is 14.2 Å². The molecule has 0 aliphatic carbocycles. The Morgan fingerprint density at radius 1 is 0.848 bits per heavy atom. The van der Waals surface area contributed by atoms with Crippen LogP contribution in [0.3, 0.4) is 0 Å². The Morgan fingerprint density at radius 3 is 2.52 bits per heavy atom. The van der Waals surface area contributed by atoms with Gasteiger partial charge in [-0.15, -0.1) is 0 Å². The minimum absolute atomic E-state index is 0.129. The van der Waals surface area contributed by atoms with Crippen LogP contribution < -0.4 is 19.6 Å². The number of hydrogen-bond donors (Lipinski definition) is 1. The molecule has 5 rings (SSSR count). The van der Waals surface area contributed by atoms with Crippen LogP contribution in [0.25, 0.3) is 10.8 Å². The van der Waals surface area contributed by atoms with Crippen molar-refractivity contribution in [2.75, 3.05) is 6.79 Å². The Kier molecular flexibility index (Phi) is 5.43. The zero-order chi connectivity index (χ0) is 22.6. The van der Waals surface area contributed by atoms with E-state index in [-0.39, 0.29) is 6.79 Å². The lowest BCUT2D eigenvalue weighted by atomic mass is 10.0. The molecule has 4 aromatic rings. The number of fused-ring (bicyclic) bond motifs is 2. The lowest BCUT2D eigenvalue weighted by molar-refractivity contribution is 0.0734. The number of rotatable bonds is 5. The Hall–Kier alpha value is -4.65. The van der Waals surface area contributed by atoms with Gasteiger partial charge in [0, 0.05) is 11.1 Å². The zero-order valence-electron chi connectivity index (χ0n) is 17.4. The Morgan fingerprint density at radius 2 is 1.64 bits per heavy atom. The standard InChI is InChI=1S/C26H18N2O5/c29-25(19-11-13-23-24(14-19)32-16-31-23)28-27-15-21-20-9-5-4-6-17(20)10-12-22(21)33-26(30)18-7-2-1-3-8-18/h1-15H,16H2,(H,28,29). The van der Waals surface area contributed by atoms with Crippen molar-refractivity contribution < 1.29 is 23.8 Å². The van der Waals surface area contributed by atoms with Crippen molar-refractivity contribution in [3.63, 3.8) is 0 Å². The predicted molar refractivity (Wildman–Crippen MR) is 123 cm³/mol. The van der Waals surface area contributed by atoms with Crippen molar-refractivity contribution in [3.05, 3.63) is 102 Å². The van der Waals surface area contributed by atoms with Crippen molar-refractivity contribution in [2.24, 2.45) is 5.10 Å². The number of carbonyl (C=O) groups is 2. The van der Waals surface area contributed by atoms with Gasteiger partial charge in [-0.2, -0.15) is 5.10 Å². The van der Waals surface area contributed by atoms with Crippen LogP contribution in [0.15, 0.2) is 90.0 Å². The van der Waals surface area contributed by atoms with Gasteiger partial charge in [0.25, 0.3) is 5.91 Å². The van der Waals surface area contributed by atoms with Gasteiger partial charge in [-0.1, -0.05) is 48.5 Å². The van der Waals surface area contributed by atoms with Crippen molar-refractivity contribution in [1.29, 1.82) is 0 Å². The fourth-order valence-corrected chi connectivity index (χ4v) is 3.49. The van der Waals surface area contributed by atoms with Crippen LogP contribution in [0, 0.1) is 0 Å². The number of carbonyl (C=O) groups excluding carboxylic acids is 2. The first-order valence-electron chi connectivity index (χ1n) is 10.2. The lowest BCUT2D eigenvalue weighted by Gasteiger charge is -2.10. The van der Waals surface area contributed by atoms with E-state index in [0.29, 0.717) is 33.9 Å². The maximum Gasteiger partial charge on any atom is 0.343 e. The molecule has 1 aliphatic heterocycles. The van der Waals surface area contributed by atoms with Gasteiger partial charge in [-0.05, 0) is 47.2 Å². The molecule has 4 aromatic carbocycles. The minimum Gasteiger partial charge on any atom is -0.454 e. The van der Waals surface area contributed by atoms with Crippen LogP contribution in [0.4, 0.5) is 0 Å². The molecule has 1 N–H and O–H groups in total. The monoisotopic (exact) mass is 438 g/mol. The summed E-state index contributed by atoms with van der Waals surface area (Å²) in [6.07, 6.45) is 1.47. The van der Waals surface area contributed by atoms with Gasteiger partial charge in [0.15, 0.2) is 11.5 Å². The van der Waals surface area contributed by atoms with E-state index in [0.717, 1.165) is 10.8 Å². The second-order valence-electron chi connectivity index (χ2n) is 7.22. The van der Waals surface area contributed by atoms with Crippen LogP contribution >= 0.6 is 0 Å². The third kappa shape index (κ3) is 4.24. The van der Waals surface area contributed by atoms with Gasteiger partial charge in [-0.25, -0.2) is 10.2 Å². The van der Waals surface area contributed by atoms with E-state index < -0.39 is 11.9 Å². The van der Waals surface area contributed by atoms with Crippen molar-refractivity contribution >= 4 is 28.9 Å². The van der Waals surface area contributed by atoms with E-state index in [1.807, 2.05) is 36.4 Å². The van der Waals surface area contributed by atoms with E-state index >= 15 is 0 Å². The summed E-state index contributed by atoms with van der Waals surface area (Å²) in [7, 11) is 0. The molecule has 0 unspecified atom stereocenters. The molecule has 0 saturated heterocycles. The second-order valence-corrected chi connectivity index (χ2v) is 7.22. The molecule has 0 atom stereocenters. The average Bonchev–Trinajstić information content (AvgIpc) is 3.33. The Bertz CT molecular complexity index is 1380. The first-order valence-corrected chi connectivity index (χ1v) is 10.2. The largest absolute Gasteiger partial charge is 0.454 e. The smallest absolute Gasteiger partial charge is 0.343 e. The number of hydrazone groups is 1. The highest BCUT2D eigenvalue weighted by Crippen LogP contribution is 2.32. The van der Waals surface area contributed by atoms with Crippen LogP contribution in [0.2, 0.25) is 0 Å². The van der Waals surface area contributed by atoms with Gasteiger partial charge in [0.05, 0.1) is 11.8 Å². The van der Waals surface area contributed by atoms with E-state index in [1.165, 1.54) is 6.21 Å². The summed E-state index contributed by atoms with van der Waals surface area (Å²) in [5.41, 5.74) is 3.90. The quantitative estimate of drug-likeness (QED) is 0.214. The normalized spacial score (nSPS) is 12.1. The van der Waals surface area contributed by atoms with E-state index in [2.05, 4.69) is 10.5 Å². The summed E-state index contributed by atoms with van der Waals surface area (Å²) >= 11 is 0. The molecule has 0 bridgehead atoms. The number of nitrogens with one attached hydrogen (secondary N) is 1. The number of hydrogen-bond acceptors (Lipinski definition) is 6. The number of nitrogens with zero attached hydrogens (tertiary/aromatic N) is 1. The molecule has 7 nitrogen and oxygen atoms in total. The molecule has 0 spiro atoms. The molecule has 33 heavy (non-hydrogen) atoms. The van der Waals surface area contributed by atoms with E-state index in [1.54, 1.807) is 48.5 Å². The minimum atomic E-state index is -0.482. The van der Waals surface area contributed by atoms with Gasteiger partial charge >= 0.3 is 5.97 Å². The van der Waals surface area contributed by atoms with E-state index in [9.17, 15) is 9.59 Å². The molecule has 0 fully saturated rings. The fraction of sp³-hybridized carbons (Fsp3) is 0.0385. The summed E-state index contributed by atoms with van der Waals surface area (Å²) in [6, 6.07) is 24.9. The maximum atomic E-state index is 12.6. The highest BCUT2D eigenvalue weighted by molar-refractivity contribution is 6.04. The second kappa shape index (κ2) is 8.84. The highest BCUT2D eigenvalue weighted by Gasteiger charge is 2.16. The highest BCUT2D eigenvalue weighted by atomic mass is 16.7. The van der Waals surface area contributed by atoms with Crippen LogP contribution in [-0.4, -0.2) is 24.9 Å². The summed E-state index contributed by atoms with van der Waals surface area (Å²) in [6.45, 7) is 0.129. The SMILES string of the molecule is O=C(NN=Cc1c(OC(=O)c2ccccc2)ccc2ccccc12)c1ccc2c(c1)OCO2. The number of benzene rings is 4. The van der Waals surface area contributed by atoms with Crippen LogP contribution in [0.1, 0.15) is 26.3 Å². The Labute approximate surface area is 189 Å². The molecule has 1 aliphatic rings. The first-order chi connectivity index (χ1) is 16.2. The third-order valence-electron chi connectivity index (χ3n) is 5.14. The molecule has 0 saturated carbocycles. The van der Waals surface area contributed by atoms with E-state index in [4.69, 9.17) is 14.2 Å². The Balaban J connectivity index is 1.41. The molecule has 0 aromatic heterocycles. The summed E-state index contributed by atoms with van der Waals surface area (Å²) < 4.78 is 16.2. The van der Waals surface area contributed by atoms with Crippen molar-refractivity contribution in [3.8, 4) is 17.2 Å². The molecule has 1 heterocycles. The van der Waals surface area contributed by atoms with Crippen LogP contribution in [0.5, 0.6) is 17.2 Å². The number of esters is 1. The van der Waals surface area contributed by atoms with Gasteiger partial charge in [-0.3, -0.25) is 4.79 Å². The molecule has 7 heteroatoms. The summed E-state index contributed by atoms with van der Waals surface area (Å²) in [4.78, 5) is 25.1. The first kappa shape index (κ1) is 20.3. The van der Waals surface area contributed by atoms with Gasteiger partial charge in [0.2, 0.25) is 6.79 Å². The van der Waals surface area contributed by atoms with Gasteiger partial charge in [0.1, 0.15) is 5.75 Å². The third-order valence-corrected chi connectivity index (χ3v) is 5.14. The van der Waals surface area contributed by atoms with Crippen molar-refractivity contribution in [1.82, 2.24) is 5.43 Å². The fourth-order valence-electron chi connectivity index (χ4n) is 3.49. The number of ether oxygens (including phenoxy) is 3. The maximum absolute atomic E-state index is 12.6. The molecular weight excluding hydrogens is 420 g/mol. The van der Waals surface area contributed by atoms with Crippen molar-refractivity contribution in [2.45, 2.75) is 0 Å². The average molecular weight is 438 g/mol. The molecule has 1 amide bonds.